The van der Waals surface area contributed by atoms with E-state index in [1.165, 1.54) is 12.1 Å². The molecular weight excluding hydrogens is 242 g/mol. The van der Waals surface area contributed by atoms with Gasteiger partial charge in [0.15, 0.2) is 0 Å². The zero-order valence-electron chi connectivity index (χ0n) is 5.22. The minimum atomic E-state index is -0.189. The molecule has 0 fully saturated rings. The van der Waals surface area contributed by atoms with Crippen LogP contribution in [0.5, 0.6) is 0 Å². The van der Waals surface area contributed by atoms with Gasteiger partial charge in [0.1, 0.15) is 5.82 Å². The topological polar surface area (TPSA) is 0 Å². The lowest BCUT2D eigenvalue weighted by atomic mass is 10.2. The van der Waals surface area contributed by atoms with Crippen LogP contribution < -0.4 is 0 Å². The Balaban J connectivity index is 2.89. The smallest absolute Gasteiger partial charge is 0.123 e. The summed E-state index contributed by atoms with van der Waals surface area (Å²) in [7, 11) is 0. The predicted octanol–water partition coefficient (Wildman–Crippen LogP) is 3.23. The van der Waals surface area contributed by atoms with E-state index in [-0.39, 0.29) is 5.82 Å². The molecule has 0 aromatic heterocycles. The molecule has 52 valence electrons. The van der Waals surface area contributed by atoms with Crippen molar-refractivity contribution in [2.24, 2.45) is 0 Å². The average molecular weight is 248 g/mol. The lowest BCUT2D eigenvalue weighted by Gasteiger charge is -1.89. The zero-order chi connectivity index (χ0) is 7.40. The lowest BCUT2D eigenvalue weighted by Crippen LogP contribution is -1.72. The van der Waals surface area contributed by atoms with Gasteiger partial charge < -0.3 is 0 Å². The van der Waals surface area contributed by atoms with E-state index in [9.17, 15) is 4.39 Å². The van der Waals surface area contributed by atoms with Gasteiger partial charge >= 0.3 is 0 Å². The third-order valence-corrected chi connectivity index (χ3v) is 1.49. The second kappa shape index (κ2) is 3.71. The Morgan fingerprint density at radius 1 is 1.20 bits per heavy atom. The van der Waals surface area contributed by atoms with Crippen LogP contribution in [0, 0.1) is 5.82 Å². The quantitative estimate of drug-likeness (QED) is 0.669. The molecule has 0 atom stereocenters. The summed E-state index contributed by atoms with van der Waals surface area (Å²) in [6.45, 7) is 0. The Labute approximate surface area is 72.9 Å². The van der Waals surface area contributed by atoms with Crippen LogP contribution in [0.4, 0.5) is 4.39 Å². The van der Waals surface area contributed by atoms with Crippen molar-refractivity contribution >= 4 is 28.7 Å². The van der Waals surface area contributed by atoms with E-state index in [1.54, 1.807) is 12.1 Å². The van der Waals surface area contributed by atoms with Crippen molar-refractivity contribution in [3.8, 4) is 0 Å². The van der Waals surface area contributed by atoms with E-state index in [4.69, 9.17) is 0 Å². The van der Waals surface area contributed by atoms with Crippen molar-refractivity contribution in [2.75, 3.05) is 0 Å². The van der Waals surface area contributed by atoms with Crippen molar-refractivity contribution < 1.29 is 4.39 Å². The van der Waals surface area contributed by atoms with Crippen molar-refractivity contribution in [3.63, 3.8) is 0 Å². The Kier molecular flexibility index (Phi) is 2.86. The molecule has 0 unspecified atom stereocenters. The maximum atomic E-state index is 12.3. The van der Waals surface area contributed by atoms with Gasteiger partial charge in [-0.15, -0.1) is 0 Å². The Morgan fingerprint density at radius 3 is 2.30 bits per heavy atom. The van der Waals surface area contributed by atoms with Gasteiger partial charge in [-0.05, 0) is 27.9 Å². The van der Waals surface area contributed by atoms with Crippen LogP contribution >= 0.6 is 22.6 Å². The minimum Gasteiger partial charge on any atom is -0.207 e. The molecule has 0 saturated carbocycles. The van der Waals surface area contributed by atoms with E-state index in [0.29, 0.717) is 0 Å². The SMILES string of the molecule is Fc1ccc(/C=C/I)cc1. The third-order valence-electron chi connectivity index (χ3n) is 1.13. The van der Waals surface area contributed by atoms with Gasteiger partial charge in [-0.3, -0.25) is 0 Å². The fourth-order valence-electron chi connectivity index (χ4n) is 0.647. The third kappa shape index (κ3) is 2.10. The Bertz CT molecular complexity index is 226. The molecule has 0 spiro atoms. The molecule has 0 aliphatic carbocycles. The van der Waals surface area contributed by atoms with E-state index in [0.717, 1.165) is 5.56 Å². The molecule has 0 aliphatic rings. The molecule has 0 bridgehead atoms. The van der Waals surface area contributed by atoms with Crippen LogP contribution in [-0.2, 0) is 0 Å². The van der Waals surface area contributed by atoms with Crippen LogP contribution in [0.1, 0.15) is 5.56 Å². The van der Waals surface area contributed by atoms with Crippen LogP contribution in [0.15, 0.2) is 28.3 Å². The summed E-state index contributed by atoms with van der Waals surface area (Å²) in [5, 5.41) is 0. The summed E-state index contributed by atoms with van der Waals surface area (Å²) in [4.78, 5) is 0. The Morgan fingerprint density at radius 2 is 1.80 bits per heavy atom. The number of hydrogen-bond donors (Lipinski definition) is 0. The van der Waals surface area contributed by atoms with E-state index in [2.05, 4.69) is 22.6 Å². The van der Waals surface area contributed by atoms with Gasteiger partial charge in [-0.25, -0.2) is 4.39 Å². The standard InChI is InChI=1S/C8H6FI/c9-8-3-1-7(2-4-8)5-6-10/h1-6H/b6-5+. The maximum Gasteiger partial charge on any atom is 0.123 e. The molecular formula is C8H6FI. The van der Waals surface area contributed by atoms with Crippen molar-refractivity contribution in [3.05, 3.63) is 39.7 Å². The van der Waals surface area contributed by atoms with Gasteiger partial charge in [-0.1, -0.05) is 34.7 Å². The molecule has 0 amide bonds. The lowest BCUT2D eigenvalue weighted by molar-refractivity contribution is 0.628. The predicted molar refractivity (Wildman–Crippen MR) is 49.5 cm³/mol. The normalized spacial score (nSPS) is 10.6. The molecule has 0 heterocycles. The first kappa shape index (κ1) is 7.72. The van der Waals surface area contributed by atoms with Gasteiger partial charge in [-0.2, -0.15) is 0 Å². The highest BCUT2D eigenvalue weighted by Crippen LogP contribution is 2.05. The summed E-state index contributed by atoms with van der Waals surface area (Å²) in [5.74, 6) is -0.189. The molecule has 2 heteroatoms. The molecule has 0 saturated heterocycles. The monoisotopic (exact) mass is 248 g/mol. The molecule has 1 aromatic rings. The van der Waals surface area contributed by atoms with Crippen molar-refractivity contribution in [2.45, 2.75) is 0 Å². The Hall–Kier alpha value is -0.380. The van der Waals surface area contributed by atoms with Crippen LogP contribution in [-0.4, -0.2) is 0 Å². The van der Waals surface area contributed by atoms with E-state index in [1.807, 2.05) is 10.2 Å². The number of hydrogen-bond acceptors (Lipinski definition) is 0. The minimum absolute atomic E-state index is 0.189. The van der Waals surface area contributed by atoms with E-state index >= 15 is 0 Å². The zero-order valence-corrected chi connectivity index (χ0v) is 7.38. The van der Waals surface area contributed by atoms with Gasteiger partial charge in [0.2, 0.25) is 0 Å². The molecule has 0 nitrogen and oxygen atoms in total. The fourth-order valence-corrected chi connectivity index (χ4v) is 1.06. The van der Waals surface area contributed by atoms with Crippen LogP contribution in [0.3, 0.4) is 0 Å². The van der Waals surface area contributed by atoms with Gasteiger partial charge in [0.05, 0.1) is 0 Å². The second-order valence-electron chi connectivity index (χ2n) is 1.84. The maximum absolute atomic E-state index is 12.3. The molecule has 1 aromatic carbocycles. The number of benzene rings is 1. The fraction of sp³-hybridized carbons (Fsp3) is 0. The van der Waals surface area contributed by atoms with Gasteiger partial charge in [0.25, 0.3) is 0 Å². The van der Waals surface area contributed by atoms with Crippen molar-refractivity contribution in [1.29, 1.82) is 0 Å². The van der Waals surface area contributed by atoms with Gasteiger partial charge in [0, 0.05) is 0 Å². The summed E-state index contributed by atoms with van der Waals surface area (Å²) in [6, 6.07) is 6.38. The highest BCUT2D eigenvalue weighted by atomic mass is 127. The molecule has 0 radical (unpaired) electrons. The van der Waals surface area contributed by atoms with Crippen LogP contribution in [0.2, 0.25) is 0 Å². The average Bonchev–Trinajstić information content (AvgIpc) is 1.95. The molecule has 10 heavy (non-hydrogen) atoms. The number of halogens is 2. The highest BCUT2D eigenvalue weighted by molar-refractivity contribution is 14.1. The molecule has 0 aliphatic heterocycles. The van der Waals surface area contributed by atoms with Crippen LogP contribution in [0.25, 0.3) is 6.08 Å². The summed E-state index contributed by atoms with van der Waals surface area (Å²) < 4.78 is 14.2. The highest BCUT2D eigenvalue weighted by Gasteiger charge is 1.86. The first-order valence-electron chi connectivity index (χ1n) is 2.85. The van der Waals surface area contributed by atoms with E-state index < -0.39 is 0 Å². The second-order valence-corrected chi connectivity index (χ2v) is 2.56. The first-order chi connectivity index (χ1) is 4.83. The largest absolute Gasteiger partial charge is 0.207 e. The summed E-state index contributed by atoms with van der Waals surface area (Å²) >= 11 is 2.13. The molecule has 0 N–H and O–H groups in total. The molecule has 1 rings (SSSR count). The summed E-state index contributed by atoms with van der Waals surface area (Å²) in [6.07, 6.45) is 1.92. The number of rotatable bonds is 1. The first-order valence-corrected chi connectivity index (χ1v) is 4.10. The van der Waals surface area contributed by atoms with Crippen molar-refractivity contribution in [1.82, 2.24) is 0 Å². The summed E-state index contributed by atoms with van der Waals surface area (Å²) in [5.41, 5.74) is 1.02.